The smallest absolute Gasteiger partial charge is 0.153 e. The quantitative estimate of drug-likeness (QED) is 0.354. The number of hydrogen-bond acceptors (Lipinski definition) is 3. The number of carbonyl (C=O) groups is 1. The van der Waals surface area contributed by atoms with Gasteiger partial charge < -0.3 is 9.47 Å². The highest BCUT2D eigenvalue weighted by Gasteiger charge is 2.21. The average molecular weight is 398 g/mol. The minimum absolute atomic E-state index is 0.745. The Kier molecular flexibility index (Phi) is 5.94. The van der Waals surface area contributed by atoms with Crippen molar-refractivity contribution in [2.75, 3.05) is 4.90 Å². The van der Waals surface area contributed by atoms with E-state index in [9.17, 15) is 4.79 Å². The molecule has 0 unspecified atom stereocenters. The fraction of sp³-hybridized carbons (Fsp3) is 0.231. The molecule has 0 bridgehead atoms. The zero-order chi connectivity index (χ0) is 20.9. The molecule has 0 atom stereocenters. The Balaban J connectivity index is 1.88. The molecular formula is C26H27N3O. The molecule has 0 aliphatic heterocycles. The molecule has 4 heteroatoms. The molecule has 0 N–H and O–H groups in total. The van der Waals surface area contributed by atoms with Crippen LogP contribution in [0.1, 0.15) is 40.5 Å². The number of rotatable bonds is 8. The third-order valence-electron chi connectivity index (χ3n) is 5.56. The Morgan fingerprint density at radius 1 is 0.933 bits per heavy atom. The monoisotopic (exact) mass is 397 g/mol. The Labute approximate surface area is 177 Å². The summed E-state index contributed by atoms with van der Waals surface area (Å²) < 4.78 is 2.25. The predicted molar refractivity (Wildman–Crippen MR) is 123 cm³/mol. The van der Waals surface area contributed by atoms with Crippen LogP contribution in [0.3, 0.4) is 0 Å². The largest absolute Gasteiger partial charge is 0.346 e. The number of pyridine rings is 1. The van der Waals surface area contributed by atoms with Crippen molar-refractivity contribution in [1.82, 2.24) is 9.55 Å². The molecule has 0 saturated carbocycles. The molecule has 0 aliphatic rings. The van der Waals surface area contributed by atoms with Crippen LogP contribution in [0.5, 0.6) is 0 Å². The number of fused-ring (bicyclic) bond motifs is 1. The van der Waals surface area contributed by atoms with Crippen molar-refractivity contribution >= 4 is 23.0 Å². The summed E-state index contributed by atoms with van der Waals surface area (Å²) in [5, 5.41) is 0.979. The second kappa shape index (κ2) is 8.95. The first-order valence-corrected chi connectivity index (χ1v) is 10.5. The van der Waals surface area contributed by atoms with Gasteiger partial charge in [-0.3, -0.25) is 4.79 Å². The lowest BCUT2D eigenvalue weighted by Crippen LogP contribution is -2.24. The van der Waals surface area contributed by atoms with Gasteiger partial charge in [-0.2, -0.15) is 0 Å². The van der Waals surface area contributed by atoms with Gasteiger partial charge in [-0.15, -0.1) is 0 Å². The molecule has 0 spiro atoms. The van der Waals surface area contributed by atoms with Gasteiger partial charge in [0.2, 0.25) is 0 Å². The minimum Gasteiger partial charge on any atom is -0.346 e. The molecule has 4 rings (SSSR count). The number of nitrogens with zero attached hydrogens (tertiary/aromatic N) is 3. The van der Waals surface area contributed by atoms with Crippen molar-refractivity contribution in [3.63, 3.8) is 0 Å². The first-order valence-electron chi connectivity index (χ1n) is 10.5. The Bertz CT molecular complexity index is 1090. The van der Waals surface area contributed by atoms with E-state index in [0.717, 1.165) is 60.3 Å². The van der Waals surface area contributed by atoms with Gasteiger partial charge in [0.05, 0.1) is 5.52 Å². The van der Waals surface area contributed by atoms with E-state index < -0.39 is 0 Å². The molecule has 0 radical (unpaired) electrons. The molecule has 0 amide bonds. The second-order valence-corrected chi connectivity index (χ2v) is 7.63. The molecule has 0 saturated heterocycles. The van der Waals surface area contributed by atoms with Gasteiger partial charge in [-0.1, -0.05) is 67.6 Å². The fourth-order valence-electron chi connectivity index (χ4n) is 4.13. The zero-order valence-corrected chi connectivity index (χ0v) is 17.6. The van der Waals surface area contributed by atoms with Crippen LogP contribution in [-0.4, -0.2) is 15.8 Å². The first-order chi connectivity index (χ1) is 14.7. The van der Waals surface area contributed by atoms with Gasteiger partial charge in [-0.05, 0) is 30.5 Å². The predicted octanol–water partition coefficient (Wildman–Crippen LogP) is 5.77. The van der Waals surface area contributed by atoms with E-state index in [1.54, 1.807) is 0 Å². The van der Waals surface area contributed by atoms with E-state index in [-0.39, 0.29) is 0 Å². The molecule has 4 nitrogen and oxygen atoms in total. The Morgan fingerprint density at radius 2 is 1.53 bits per heavy atom. The van der Waals surface area contributed by atoms with Crippen LogP contribution in [-0.2, 0) is 19.6 Å². The van der Waals surface area contributed by atoms with E-state index in [0.29, 0.717) is 0 Å². The van der Waals surface area contributed by atoms with E-state index in [2.05, 4.69) is 64.9 Å². The highest BCUT2D eigenvalue weighted by Crippen LogP contribution is 2.33. The van der Waals surface area contributed by atoms with Gasteiger partial charge in [0.25, 0.3) is 0 Å². The summed E-state index contributed by atoms with van der Waals surface area (Å²) in [6.07, 6.45) is 3.80. The maximum Gasteiger partial charge on any atom is 0.153 e. The number of anilines is 1. The van der Waals surface area contributed by atoms with Crippen LogP contribution in [0.4, 0.5) is 5.82 Å². The highest BCUT2D eigenvalue weighted by molar-refractivity contribution is 6.03. The third kappa shape index (κ3) is 3.86. The zero-order valence-electron chi connectivity index (χ0n) is 17.6. The van der Waals surface area contributed by atoms with E-state index >= 15 is 0 Å². The number of aldehydes is 1. The van der Waals surface area contributed by atoms with Crippen molar-refractivity contribution < 1.29 is 4.79 Å². The van der Waals surface area contributed by atoms with E-state index in [1.165, 1.54) is 11.1 Å². The van der Waals surface area contributed by atoms with Crippen molar-refractivity contribution in [1.29, 1.82) is 0 Å². The van der Waals surface area contributed by atoms with Crippen molar-refractivity contribution in [3.05, 3.63) is 95.3 Å². The van der Waals surface area contributed by atoms with Gasteiger partial charge in [0, 0.05) is 42.5 Å². The lowest BCUT2D eigenvalue weighted by molar-refractivity contribution is 0.112. The summed E-state index contributed by atoms with van der Waals surface area (Å²) >= 11 is 0. The molecule has 4 aromatic rings. The summed E-state index contributed by atoms with van der Waals surface area (Å²) in [5.74, 6) is 0.921. The maximum atomic E-state index is 11.9. The standard InChI is InChI=1S/C26H27N3O/c1-3-16-29-20(2)24(19-30)23-14-15-27-26(25(23)29)28(17-21-10-6-4-7-11-21)18-22-12-8-5-9-13-22/h4-15,19H,3,16-18H2,1-2H3. The summed E-state index contributed by atoms with van der Waals surface area (Å²) in [5.41, 5.74) is 5.28. The summed E-state index contributed by atoms with van der Waals surface area (Å²) in [7, 11) is 0. The summed E-state index contributed by atoms with van der Waals surface area (Å²) in [4.78, 5) is 19.0. The first kappa shape index (κ1) is 19.9. The molecule has 2 aromatic heterocycles. The van der Waals surface area contributed by atoms with Crippen LogP contribution < -0.4 is 4.90 Å². The van der Waals surface area contributed by atoms with Gasteiger partial charge in [-0.25, -0.2) is 4.98 Å². The van der Waals surface area contributed by atoms with Crippen molar-refractivity contribution in [3.8, 4) is 0 Å². The third-order valence-corrected chi connectivity index (χ3v) is 5.56. The van der Waals surface area contributed by atoms with Crippen molar-refractivity contribution in [2.45, 2.75) is 39.9 Å². The average Bonchev–Trinajstić information content (AvgIpc) is 3.06. The molecular weight excluding hydrogens is 370 g/mol. The number of benzene rings is 2. The Hall–Kier alpha value is -3.40. The number of carbonyl (C=O) groups excluding carboxylic acids is 1. The van der Waals surface area contributed by atoms with E-state index in [1.807, 2.05) is 31.3 Å². The van der Waals surface area contributed by atoms with Gasteiger partial charge in [0.15, 0.2) is 12.1 Å². The summed E-state index contributed by atoms with van der Waals surface area (Å²) in [6.45, 7) is 6.54. The molecule has 152 valence electrons. The topological polar surface area (TPSA) is 38.1 Å². The van der Waals surface area contributed by atoms with Crippen LogP contribution in [0.25, 0.3) is 10.9 Å². The maximum absolute atomic E-state index is 11.9. The number of hydrogen-bond donors (Lipinski definition) is 0. The van der Waals surface area contributed by atoms with Crippen molar-refractivity contribution in [2.24, 2.45) is 0 Å². The number of aromatic nitrogens is 2. The van der Waals surface area contributed by atoms with Crippen LogP contribution in [0.15, 0.2) is 72.9 Å². The lowest BCUT2D eigenvalue weighted by atomic mass is 10.1. The van der Waals surface area contributed by atoms with E-state index in [4.69, 9.17) is 4.98 Å². The summed E-state index contributed by atoms with van der Waals surface area (Å²) in [6, 6.07) is 22.9. The van der Waals surface area contributed by atoms with Gasteiger partial charge in [0.1, 0.15) is 0 Å². The number of aryl methyl sites for hydroxylation is 1. The molecule has 0 fully saturated rings. The molecule has 2 heterocycles. The SMILES string of the molecule is CCCn1c(C)c(C=O)c2ccnc(N(Cc3ccccc3)Cc3ccccc3)c21. The highest BCUT2D eigenvalue weighted by atomic mass is 16.1. The van der Waals surface area contributed by atoms with Crippen LogP contribution >= 0.6 is 0 Å². The van der Waals surface area contributed by atoms with Crippen LogP contribution in [0.2, 0.25) is 0 Å². The van der Waals surface area contributed by atoms with Crippen LogP contribution in [0, 0.1) is 6.92 Å². The molecule has 0 aliphatic carbocycles. The molecule has 2 aromatic carbocycles. The minimum atomic E-state index is 0.745. The van der Waals surface area contributed by atoms with Gasteiger partial charge >= 0.3 is 0 Å². The fourth-order valence-corrected chi connectivity index (χ4v) is 4.13. The second-order valence-electron chi connectivity index (χ2n) is 7.63. The molecule has 30 heavy (non-hydrogen) atoms. The normalized spacial score (nSPS) is 11.0. The Morgan fingerprint density at radius 3 is 2.07 bits per heavy atom. The lowest BCUT2D eigenvalue weighted by Gasteiger charge is -2.26.